The number of amides is 1. The van der Waals surface area contributed by atoms with Crippen LogP contribution >= 0.6 is 11.3 Å². The van der Waals surface area contributed by atoms with Crippen LogP contribution < -0.4 is 0 Å². The fourth-order valence-electron chi connectivity index (χ4n) is 1.73. The molecule has 5 heteroatoms. The van der Waals surface area contributed by atoms with Gasteiger partial charge in [0.1, 0.15) is 5.75 Å². The molecule has 0 saturated heterocycles. The smallest absolute Gasteiger partial charge is 0.254 e. The molecule has 0 aliphatic heterocycles. The number of aromatic hydroxyl groups is 1. The van der Waals surface area contributed by atoms with Gasteiger partial charge in [0, 0.05) is 17.5 Å². The molecule has 1 aromatic heterocycles. The van der Waals surface area contributed by atoms with Gasteiger partial charge in [-0.3, -0.25) is 4.79 Å². The molecule has 100 valence electrons. The number of carbonyl (C=O) groups is 1. The van der Waals surface area contributed by atoms with Gasteiger partial charge in [0.25, 0.3) is 5.91 Å². The van der Waals surface area contributed by atoms with E-state index in [4.69, 9.17) is 0 Å². The summed E-state index contributed by atoms with van der Waals surface area (Å²) in [5.74, 6) is 0.0383. The maximum atomic E-state index is 12.2. The van der Waals surface area contributed by atoms with Crippen molar-refractivity contribution < 1.29 is 9.90 Å². The fraction of sp³-hybridized carbons (Fsp3) is 0.286. The number of rotatable bonds is 3. The van der Waals surface area contributed by atoms with E-state index >= 15 is 0 Å². The molecule has 4 nitrogen and oxygen atoms in total. The minimum absolute atomic E-state index is 0.108. The second-order valence-electron chi connectivity index (χ2n) is 4.52. The first-order valence-electron chi connectivity index (χ1n) is 5.93. The quantitative estimate of drug-likeness (QED) is 0.937. The Kier molecular flexibility index (Phi) is 3.85. The van der Waals surface area contributed by atoms with E-state index in [-0.39, 0.29) is 11.7 Å². The lowest BCUT2D eigenvalue weighted by Crippen LogP contribution is -2.26. The summed E-state index contributed by atoms with van der Waals surface area (Å²) in [6.45, 7) is 4.26. The zero-order chi connectivity index (χ0) is 14.0. The highest BCUT2D eigenvalue weighted by Crippen LogP contribution is 2.20. The van der Waals surface area contributed by atoms with Crippen LogP contribution in [0.2, 0.25) is 0 Å². The Hall–Kier alpha value is -1.88. The normalized spacial score (nSPS) is 10.5. The molecule has 0 spiro atoms. The first-order chi connectivity index (χ1) is 8.99. The summed E-state index contributed by atoms with van der Waals surface area (Å²) >= 11 is 1.54. The van der Waals surface area contributed by atoms with Crippen molar-refractivity contribution in [2.75, 3.05) is 7.05 Å². The Morgan fingerprint density at radius 2 is 2.16 bits per heavy atom. The number of hydrogen-bond donors (Lipinski definition) is 1. The third-order valence-electron chi connectivity index (χ3n) is 3.03. The van der Waals surface area contributed by atoms with Gasteiger partial charge in [-0.15, -0.1) is 11.3 Å². The maximum absolute atomic E-state index is 12.2. The van der Waals surface area contributed by atoms with Crippen molar-refractivity contribution in [1.29, 1.82) is 0 Å². The molecule has 1 heterocycles. The van der Waals surface area contributed by atoms with E-state index in [1.165, 1.54) is 6.07 Å². The largest absolute Gasteiger partial charge is 0.508 e. The van der Waals surface area contributed by atoms with Crippen LogP contribution in [0.3, 0.4) is 0 Å². The van der Waals surface area contributed by atoms with Gasteiger partial charge in [0.05, 0.1) is 17.7 Å². The first-order valence-corrected chi connectivity index (χ1v) is 6.81. The monoisotopic (exact) mass is 276 g/mol. The van der Waals surface area contributed by atoms with Gasteiger partial charge in [-0.2, -0.15) is 0 Å². The lowest BCUT2D eigenvalue weighted by Gasteiger charge is -2.17. The molecule has 0 aliphatic carbocycles. The molecular formula is C14H16N2O2S. The number of carbonyl (C=O) groups excluding carboxylic acids is 1. The Labute approximate surface area is 116 Å². The highest BCUT2D eigenvalue weighted by Gasteiger charge is 2.15. The van der Waals surface area contributed by atoms with Crippen LogP contribution in [0.5, 0.6) is 5.75 Å². The predicted octanol–water partition coefficient (Wildman–Crippen LogP) is 2.74. The number of nitrogens with zero attached hydrogens (tertiary/aromatic N) is 2. The van der Waals surface area contributed by atoms with Crippen molar-refractivity contribution in [1.82, 2.24) is 9.88 Å². The minimum Gasteiger partial charge on any atom is -0.508 e. The number of benzene rings is 1. The number of aromatic nitrogens is 1. The standard InChI is InChI=1S/C14H16N2O2S/c1-9-4-5-11(6-12(9)17)14(18)16(3)7-13-10(2)15-8-19-13/h4-6,8,17H,7H2,1-3H3. The Bertz CT molecular complexity index is 607. The van der Waals surface area contributed by atoms with E-state index in [0.717, 1.165) is 16.1 Å². The van der Waals surface area contributed by atoms with Gasteiger partial charge in [-0.25, -0.2) is 4.98 Å². The van der Waals surface area contributed by atoms with Gasteiger partial charge >= 0.3 is 0 Å². The molecule has 1 amide bonds. The summed E-state index contributed by atoms with van der Waals surface area (Å²) in [5, 5.41) is 9.65. The van der Waals surface area contributed by atoms with E-state index < -0.39 is 0 Å². The first kappa shape index (κ1) is 13.5. The van der Waals surface area contributed by atoms with Crippen molar-refractivity contribution >= 4 is 17.2 Å². The highest BCUT2D eigenvalue weighted by atomic mass is 32.1. The van der Waals surface area contributed by atoms with Gasteiger partial charge in [0.2, 0.25) is 0 Å². The summed E-state index contributed by atoms with van der Waals surface area (Å²) in [7, 11) is 1.75. The molecule has 0 aliphatic rings. The van der Waals surface area contributed by atoms with Gasteiger partial charge in [0.15, 0.2) is 0 Å². The third-order valence-corrected chi connectivity index (χ3v) is 3.95. The summed E-state index contributed by atoms with van der Waals surface area (Å²) in [4.78, 5) is 19.1. The number of aryl methyl sites for hydroxylation is 2. The van der Waals surface area contributed by atoms with Crippen LogP contribution in [-0.4, -0.2) is 27.9 Å². The summed E-state index contributed by atoms with van der Waals surface area (Å²) in [5.41, 5.74) is 3.99. The summed E-state index contributed by atoms with van der Waals surface area (Å²) in [6, 6.07) is 4.98. The molecule has 0 saturated carbocycles. The molecule has 19 heavy (non-hydrogen) atoms. The molecule has 0 bridgehead atoms. The van der Waals surface area contributed by atoms with Crippen molar-refractivity contribution in [2.24, 2.45) is 0 Å². The van der Waals surface area contributed by atoms with E-state index in [0.29, 0.717) is 12.1 Å². The topological polar surface area (TPSA) is 53.4 Å². The number of phenolic OH excluding ortho intramolecular Hbond substituents is 1. The van der Waals surface area contributed by atoms with E-state index in [1.807, 2.05) is 6.92 Å². The van der Waals surface area contributed by atoms with Gasteiger partial charge in [-0.05, 0) is 31.5 Å². The SMILES string of the molecule is Cc1ccc(C(=O)N(C)Cc2scnc2C)cc1O. The fourth-order valence-corrected chi connectivity index (χ4v) is 2.56. The second kappa shape index (κ2) is 5.40. The zero-order valence-corrected chi connectivity index (χ0v) is 12.0. The molecule has 0 radical (unpaired) electrons. The number of phenols is 1. The van der Waals surface area contributed by atoms with Crippen LogP contribution in [0, 0.1) is 13.8 Å². The van der Waals surface area contributed by atoms with E-state index in [1.54, 1.807) is 47.9 Å². The Morgan fingerprint density at radius 1 is 1.42 bits per heavy atom. The molecule has 0 fully saturated rings. The van der Waals surface area contributed by atoms with Crippen molar-refractivity contribution in [3.63, 3.8) is 0 Å². The molecule has 0 atom stereocenters. The summed E-state index contributed by atoms with van der Waals surface area (Å²) < 4.78 is 0. The molecular weight excluding hydrogens is 260 g/mol. The van der Waals surface area contributed by atoms with Crippen LogP contribution in [0.15, 0.2) is 23.7 Å². The van der Waals surface area contributed by atoms with E-state index in [2.05, 4.69) is 4.98 Å². The average molecular weight is 276 g/mol. The molecule has 2 rings (SSSR count). The van der Waals surface area contributed by atoms with E-state index in [9.17, 15) is 9.90 Å². The van der Waals surface area contributed by atoms with Gasteiger partial charge < -0.3 is 10.0 Å². The van der Waals surface area contributed by atoms with Crippen LogP contribution in [0.4, 0.5) is 0 Å². The van der Waals surface area contributed by atoms with Crippen molar-refractivity contribution in [3.05, 3.63) is 45.4 Å². The van der Waals surface area contributed by atoms with Gasteiger partial charge in [-0.1, -0.05) is 6.07 Å². The highest BCUT2D eigenvalue weighted by molar-refractivity contribution is 7.09. The van der Waals surface area contributed by atoms with Crippen LogP contribution in [0.25, 0.3) is 0 Å². The third kappa shape index (κ3) is 2.93. The number of hydrogen-bond acceptors (Lipinski definition) is 4. The zero-order valence-electron chi connectivity index (χ0n) is 11.2. The molecule has 1 aromatic carbocycles. The lowest BCUT2D eigenvalue weighted by molar-refractivity contribution is 0.0786. The molecule has 1 N–H and O–H groups in total. The van der Waals surface area contributed by atoms with Crippen molar-refractivity contribution in [3.8, 4) is 5.75 Å². The Morgan fingerprint density at radius 3 is 2.74 bits per heavy atom. The van der Waals surface area contributed by atoms with Crippen LogP contribution in [-0.2, 0) is 6.54 Å². The maximum Gasteiger partial charge on any atom is 0.254 e. The molecule has 2 aromatic rings. The summed E-state index contributed by atoms with van der Waals surface area (Å²) in [6.07, 6.45) is 0. The predicted molar refractivity (Wildman–Crippen MR) is 75.5 cm³/mol. The minimum atomic E-state index is -0.108. The lowest BCUT2D eigenvalue weighted by atomic mass is 10.1. The van der Waals surface area contributed by atoms with Crippen LogP contribution in [0.1, 0.15) is 26.5 Å². The Balaban J connectivity index is 2.15. The average Bonchev–Trinajstić information content (AvgIpc) is 2.77. The van der Waals surface area contributed by atoms with Crippen molar-refractivity contribution in [2.45, 2.75) is 20.4 Å². The second-order valence-corrected chi connectivity index (χ2v) is 5.46. The number of thiazole rings is 1. The molecule has 0 unspecified atom stereocenters.